The Hall–Kier alpha value is -0.810. The summed E-state index contributed by atoms with van der Waals surface area (Å²) in [4.78, 5) is 9.95. The zero-order chi connectivity index (χ0) is 14.5. The number of guanidine groups is 1. The molecule has 21 heavy (non-hydrogen) atoms. The third-order valence-electron chi connectivity index (χ3n) is 5.38. The van der Waals surface area contributed by atoms with E-state index >= 15 is 0 Å². The first-order chi connectivity index (χ1) is 10.4. The fourth-order valence-electron chi connectivity index (χ4n) is 4.11. The number of nitrogens with zero attached hydrogens (tertiary/aromatic N) is 3. The monoisotopic (exact) mass is 293 g/mol. The van der Waals surface area contributed by atoms with Crippen molar-refractivity contribution in [3.05, 3.63) is 0 Å². The topological polar surface area (TPSA) is 56.9 Å². The van der Waals surface area contributed by atoms with Crippen LogP contribution in [-0.4, -0.2) is 54.0 Å². The molecule has 0 aromatic heterocycles. The Morgan fingerprint density at radius 2 is 1.62 bits per heavy atom. The number of hydrogen-bond acceptors (Lipinski definition) is 3. The van der Waals surface area contributed by atoms with E-state index in [2.05, 4.69) is 15.2 Å². The molecule has 0 bridgehead atoms. The van der Waals surface area contributed by atoms with E-state index in [1.54, 1.807) is 0 Å². The molecule has 0 aromatic rings. The van der Waals surface area contributed by atoms with Crippen LogP contribution in [-0.2, 0) is 0 Å². The van der Waals surface area contributed by atoms with Crippen LogP contribution in [0.2, 0.25) is 0 Å². The SMILES string of the molecule is NNC(=NC1CCCCC1)N1CCC(N2CCCCC2)C1. The third-order valence-corrected chi connectivity index (χ3v) is 5.38. The summed E-state index contributed by atoms with van der Waals surface area (Å²) >= 11 is 0. The van der Waals surface area contributed by atoms with E-state index in [0.29, 0.717) is 12.1 Å². The Morgan fingerprint density at radius 1 is 0.905 bits per heavy atom. The molecule has 3 fully saturated rings. The lowest BCUT2D eigenvalue weighted by atomic mass is 9.96. The van der Waals surface area contributed by atoms with Crippen molar-refractivity contribution in [2.24, 2.45) is 10.8 Å². The van der Waals surface area contributed by atoms with E-state index in [4.69, 9.17) is 10.8 Å². The van der Waals surface area contributed by atoms with Crippen LogP contribution in [0, 0.1) is 0 Å². The van der Waals surface area contributed by atoms with Gasteiger partial charge in [0.15, 0.2) is 0 Å². The second kappa shape index (κ2) is 7.45. The first-order valence-electron chi connectivity index (χ1n) is 8.90. The zero-order valence-electron chi connectivity index (χ0n) is 13.3. The van der Waals surface area contributed by atoms with E-state index in [-0.39, 0.29) is 0 Å². The largest absolute Gasteiger partial charge is 0.340 e. The van der Waals surface area contributed by atoms with Crippen LogP contribution >= 0.6 is 0 Å². The van der Waals surface area contributed by atoms with Crippen molar-refractivity contribution in [2.45, 2.75) is 69.9 Å². The van der Waals surface area contributed by atoms with Gasteiger partial charge in [0, 0.05) is 19.1 Å². The number of aliphatic imine (C=N–C) groups is 1. The summed E-state index contributed by atoms with van der Waals surface area (Å²) in [5.74, 6) is 6.69. The molecule has 1 unspecified atom stereocenters. The van der Waals surface area contributed by atoms with E-state index in [9.17, 15) is 0 Å². The molecule has 1 saturated carbocycles. The number of nitrogens with two attached hydrogens (primary N) is 1. The highest BCUT2D eigenvalue weighted by atomic mass is 15.4. The Kier molecular flexibility index (Phi) is 5.36. The Morgan fingerprint density at radius 3 is 2.33 bits per heavy atom. The van der Waals surface area contributed by atoms with Crippen LogP contribution in [0.1, 0.15) is 57.8 Å². The van der Waals surface area contributed by atoms with Crippen molar-refractivity contribution >= 4 is 5.96 Å². The van der Waals surface area contributed by atoms with Crippen LogP contribution < -0.4 is 11.3 Å². The van der Waals surface area contributed by atoms with Crippen molar-refractivity contribution < 1.29 is 0 Å². The maximum atomic E-state index is 5.76. The molecule has 120 valence electrons. The first kappa shape index (κ1) is 15.1. The van der Waals surface area contributed by atoms with Crippen molar-refractivity contribution in [3.63, 3.8) is 0 Å². The molecule has 0 aromatic carbocycles. The van der Waals surface area contributed by atoms with E-state index in [1.165, 1.54) is 70.9 Å². The maximum Gasteiger partial charge on any atom is 0.208 e. The molecule has 0 radical (unpaired) electrons. The van der Waals surface area contributed by atoms with Gasteiger partial charge >= 0.3 is 0 Å². The number of piperidine rings is 1. The molecule has 2 heterocycles. The minimum Gasteiger partial charge on any atom is -0.340 e. The average Bonchev–Trinajstić information content (AvgIpc) is 3.04. The van der Waals surface area contributed by atoms with Crippen molar-refractivity contribution in [3.8, 4) is 0 Å². The first-order valence-corrected chi connectivity index (χ1v) is 8.90. The van der Waals surface area contributed by atoms with E-state index < -0.39 is 0 Å². The van der Waals surface area contributed by atoms with Gasteiger partial charge in [-0.25, -0.2) is 10.8 Å². The second-order valence-electron chi connectivity index (χ2n) is 6.87. The molecule has 2 aliphatic heterocycles. The summed E-state index contributed by atoms with van der Waals surface area (Å²) in [5, 5.41) is 0. The van der Waals surface area contributed by atoms with Gasteiger partial charge < -0.3 is 4.90 Å². The number of likely N-dealkylation sites (tertiary alicyclic amines) is 2. The summed E-state index contributed by atoms with van der Waals surface area (Å²) in [6.45, 7) is 4.75. The van der Waals surface area contributed by atoms with Crippen LogP contribution in [0.25, 0.3) is 0 Å². The third kappa shape index (κ3) is 3.89. The van der Waals surface area contributed by atoms with E-state index in [1.807, 2.05) is 0 Å². The van der Waals surface area contributed by atoms with Gasteiger partial charge in [0.05, 0.1) is 6.04 Å². The molecular formula is C16H31N5. The molecule has 0 spiro atoms. The zero-order valence-corrected chi connectivity index (χ0v) is 13.3. The highest BCUT2D eigenvalue weighted by molar-refractivity contribution is 5.80. The van der Waals surface area contributed by atoms with Gasteiger partial charge in [-0.3, -0.25) is 10.3 Å². The Labute approximate surface area is 128 Å². The van der Waals surface area contributed by atoms with Gasteiger partial charge in [0.2, 0.25) is 5.96 Å². The lowest BCUT2D eigenvalue weighted by Gasteiger charge is -2.32. The minimum atomic E-state index is 0.485. The van der Waals surface area contributed by atoms with Gasteiger partial charge in [0.25, 0.3) is 0 Å². The van der Waals surface area contributed by atoms with E-state index in [0.717, 1.165) is 19.0 Å². The summed E-state index contributed by atoms with van der Waals surface area (Å²) in [7, 11) is 0. The van der Waals surface area contributed by atoms with Gasteiger partial charge in [-0.05, 0) is 45.2 Å². The van der Waals surface area contributed by atoms with Gasteiger partial charge in [-0.2, -0.15) is 0 Å². The van der Waals surface area contributed by atoms with Gasteiger partial charge in [-0.15, -0.1) is 0 Å². The van der Waals surface area contributed by atoms with Crippen molar-refractivity contribution in [2.75, 3.05) is 26.2 Å². The fraction of sp³-hybridized carbons (Fsp3) is 0.938. The quantitative estimate of drug-likeness (QED) is 0.352. The molecule has 2 saturated heterocycles. The number of rotatable bonds is 2. The summed E-state index contributed by atoms with van der Waals surface area (Å²) in [6.07, 6.45) is 11.9. The summed E-state index contributed by atoms with van der Waals surface area (Å²) < 4.78 is 0. The molecule has 3 N–H and O–H groups in total. The molecule has 1 aliphatic carbocycles. The number of hydrogen-bond donors (Lipinski definition) is 2. The summed E-state index contributed by atoms with van der Waals surface area (Å²) in [6, 6.07) is 1.19. The predicted octanol–water partition coefficient (Wildman–Crippen LogP) is 1.70. The molecule has 1 atom stereocenters. The van der Waals surface area contributed by atoms with Crippen molar-refractivity contribution in [1.29, 1.82) is 0 Å². The highest BCUT2D eigenvalue weighted by Gasteiger charge is 2.30. The Bertz CT molecular complexity index is 345. The maximum absolute atomic E-state index is 5.76. The highest BCUT2D eigenvalue weighted by Crippen LogP contribution is 2.23. The summed E-state index contributed by atoms with van der Waals surface area (Å²) in [5.41, 5.74) is 2.87. The molecule has 5 nitrogen and oxygen atoms in total. The van der Waals surface area contributed by atoms with Gasteiger partial charge in [0.1, 0.15) is 0 Å². The standard InChI is InChI=1S/C16H31N5/c17-19-16(18-14-7-3-1-4-8-14)21-12-9-15(13-21)20-10-5-2-6-11-20/h14-15H,1-13,17H2,(H,18,19). The lowest BCUT2D eigenvalue weighted by molar-refractivity contribution is 0.168. The van der Waals surface area contributed by atoms with Crippen LogP contribution in [0.3, 0.4) is 0 Å². The predicted molar refractivity (Wildman–Crippen MR) is 87.0 cm³/mol. The molecule has 3 aliphatic rings. The Balaban J connectivity index is 1.56. The number of hydrazine groups is 1. The van der Waals surface area contributed by atoms with Crippen LogP contribution in [0.15, 0.2) is 4.99 Å². The normalized spacial score (nSPS) is 29.9. The van der Waals surface area contributed by atoms with Crippen LogP contribution in [0.4, 0.5) is 0 Å². The minimum absolute atomic E-state index is 0.485. The number of nitrogens with one attached hydrogen (secondary N) is 1. The fourth-order valence-corrected chi connectivity index (χ4v) is 4.11. The van der Waals surface area contributed by atoms with Crippen LogP contribution in [0.5, 0.6) is 0 Å². The molecule has 5 heteroatoms. The average molecular weight is 293 g/mol. The smallest absolute Gasteiger partial charge is 0.208 e. The molecule has 0 amide bonds. The molecular weight excluding hydrogens is 262 g/mol. The lowest BCUT2D eigenvalue weighted by Crippen LogP contribution is -2.47. The van der Waals surface area contributed by atoms with Gasteiger partial charge in [-0.1, -0.05) is 25.7 Å². The van der Waals surface area contributed by atoms with Crippen molar-refractivity contribution in [1.82, 2.24) is 15.2 Å². The second-order valence-corrected chi connectivity index (χ2v) is 6.87. The molecule has 3 rings (SSSR count).